The summed E-state index contributed by atoms with van der Waals surface area (Å²) in [6, 6.07) is 4.99. The second-order valence-corrected chi connectivity index (χ2v) is 5.50. The highest BCUT2D eigenvalue weighted by molar-refractivity contribution is 5.90. The minimum atomic E-state index is -1.31. The van der Waals surface area contributed by atoms with Crippen LogP contribution in [0.4, 0.5) is 13.2 Å². The maximum Gasteiger partial charge on any atom is 0.335 e. The van der Waals surface area contributed by atoms with Gasteiger partial charge in [0, 0.05) is 11.6 Å². The highest BCUT2D eigenvalue weighted by Crippen LogP contribution is 2.30. The van der Waals surface area contributed by atoms with Crippen molar-refractivity contribution in [1.82, 2.24) is 0 Å². The molecule has 3 nitrogen and oxygen atoms in total. The van der Waals surface area contributed by atoms with Gasteiger partial charge in [0.25, 0.3) is 0 Å². The summed E-state index contributed by atoms with van der Waals surface area (Å²) in [7, 11) is 0. The zero-order valence-electron chi connectivity index (χ0n) is 12.6. The molecule has 1 N–H and O–H groups in total. The Morgan fingerprint density at radius 2 is 1.70 bits per heavy atom. The van der Waals surface area contributed by atoms with Gasteiger partial charge in [-0.25, -0.2) is 18.0 Å². The van der Waals surface area contributed by atoms with Crippen molar-refractivity contribution in [2.45, 2.75) is 13.8 Å². The third-order valence-corrected chi connectivity index (χ3v) is 3.06. The fourth-order valence-electron chi connectivity index (χ4n) is 1.97. The van der Waals surface area contributed by atoms with Gasteiger partial charge in [-0.3, -0.25) is 0 Å². The third-order valence-electron chi connectivity index (χ3n) is 3.06. The van der Waals surface area contributed by atoms with E-state index in [1.165, 1.54) is 18.2 Å². The van der Waals surface area contributed by atoms with E-state index in [1.54, 1.807) is 0 Å². The summed E-state index contributed by atoms with van der Waals surface area (Å²) in [6.07, 6.45) is 0. The van der Waals surface area contributed by atoms with Crippen LogP contribution in [0.2, 0.25) is 0 Å². The molecule has 6 heteroatoms. The van der Waals surface area contributed by atoms with Crippen molar-refractivity contribution in [3.8, 4) is 16.9 Å². The molecule has 0 bridgehead atoms. The van der Waals surface area contributed by atoms with Crippen molar-refractivity contribution < 1.29 is 27.8 Å². The first kappa shape index (κ1) is 16.9. The van der Waals surface area contributed by atoms with Gasteiger partial charge in [0.2, 0.25) is 0 Å². The summed E-state index contributed by atoms with van der Waals surface area (Å²) < 4.78 is 45.8. The lowest BCUT2D eigenvalue weighted by atomic mass is 10.0. The molecule has 0 aliphatic rings. The topological polar surface area (TPSA) is 46.5 Å². The summed E-state index contributed by atoms with van der Waals surface area (Å²) in [5.41, 5.74) is -0.271. The Hall–Kier alpha value is -2.50. The van der Waals surface area contributed by atoms with Crippen molar-refractivity contribution in [1.29, 1.82) is 0 Å². The Labute approximate surface area is 131 Å². The number of hydrogen-bond donors (Lipinski definition) is 1. The minimum absolute atomic E-state index is 0.0973. The van der Waals surface area contributed by atoms with Gasteiger partial charge in [-0.15, -0.1) is 0 Å². The molecule has 0 aromatic heterocycles. The van der Waals surface area contributed by atoms with Gasteiger partial charge in [0.05, 0.1) is 12.2 Å². The van der Waals surface area contributed by atoms with E-state index in [1.807, 2.05) is 13.8 Å². The second-order valence-electron chi connectivity index (χ2n) is 5.50. The molecule has 23 heavy (non-hydrogen) atoms. The predicted octanol–water partition coefficient (Wildman–Crippen LogP) is 4.50. The predicted molar refractivity (Wildman–Crippen MR) is 79.0 cm³/mol. The first-order valence-corrected chi connectivity index (χ1v) is 6.94. The summed E-state index contributed by atoms with van der Waals surface area (Å²) >= 11 is 0. The van der Waals surface area contributed by atoms with Gasteiger partial charge in [-0.2, -0.15) is 0 Å². The Balaban J connectivity index is 2.53. The average Bonchev–Trinajstić information content (AvgIpc) is 2.48. The number of carboxylic acid groups (broad SMARTS) is 1. The SMILES string of the molecule is CC(C)COc1cc(C(=O)O)cc(-c2cc(F)c(F)cc2F)c1. The van der Waals surface area contributed by atoms with Gasteiger partial charge >= 0.3 is 5.97 Å². The van der Waals surface area contributed by atoms with Crippen LogP contribution in [0, 0.1) is 23.4 Å². The van der Waals surface area contributed by atoms with Crippen molar-refractivity contribution >= 4 is 5.97 Å². The quantitative estimate of drug-likeness (QED) is 0.824. The van der Waals surface area contributed by atoms with Gasteiger partial charge in [0.15, 0.2) is 11.6 Å². The first-order chi connectivity index (χ1) is 10.8. The summed E-state index contributed by atoms with van der Waals surface area (Å²) in [4.78, 5) is 11.2. The zero-order chi connectivity index (χ0) is 17.1. The molecule has 0 radical (unpaired) electrons. The molecule has 2 rings (SSSR count). The minimum Gasteiger partial charge on any atom is -0.493 e. The molecule has 2 aromatic rings. The molecule has 0 unspecified atom stereocenters. The summed E-state index contributed by atoms with van der Waals surface area (Å²) in [5.74, 6) is -4.32. The van der Waals surface area contributed by atoms with E-state index in [9.17, 15) is 18.0 Å². The molecule has 0 heterocycles. The van der Waals surface area contributed by atoms with Crippen LogP contribution in [0.5, 0.6) is 5.75 Å². The second kappa shape index (κ2) is 6.73. The Kier molecular flexibility index (Phi) is 4.93. The largest absolute Gasteiger partial charge is 0.493 e. The van der Waals surface area contributed by atoms with Gasteiger partial charge in [0.1, 0.15) is 11.6 Å². The molecule has 0 atom stereocenters. The monoisotopic (exact) mass is 324 g/mol. The highest BCUT2D eigenvalue weighted by Gasteiger charge is 2.15. The maximum atomic E-state index is 13.9. The molecule has 0 saturated heterocycles. The van der Waals surface area contributed by atoms with Crippen LogP contribution in [-0.4, -0.2) is 17.7 Å². The number of aromatic carboxylic acids is 1. The lowest BCUT2D eigenvalue weighted by Crippen LogP contribution is -2.06. The molecular weight excluding hydrogens is 309 g/mol. The Bertz CT molecular complexity index is 742. The Morgan fingerprint density at radius 1 is 1.04 bits per heavy atom. The van der Waals surface area contributed by atoms with E-state index >= 15 is 0 Å². The number of benzene rings is 2. The van der Waals surface area contributed by atoms with Crippen molar-refractivity contribution in [2.75, 3.05) is 6.61 Å². The molecule has 122 valence electrons. The molecule has 0 aliphatic heterocycles. The van der Waals surface area contributed by atoms with Crippen molar-refractivity contribution in [3.05, 3.63) is 53.3 Å². The normalized spacial score (nSPS) is 10.9. The number of carbonyl (C=O) groups is 1. The zero-order valence-corrected chi connectivity index (χ0v) is 12.6. The molecule has 0 aliphatic carbocycles. The molecular formula is C17H15F3O3. The van der Waals surface area contributed by atoms with Crippen LogP contribution in [0.25, 0.3) is 11.1 Å². The highest BCUT2D eigenvalue weighted by atomic mass is 19.2. The van der Waals surface area contributed by atoms with Crippen LogP contribution in [0.15, 0.2) is 30.3 Å². The van der Waals surface area contributed by atoms with E-state index in [0.717, 1.165) is 0 Å². The number of ether oxygens (including phenoxy) is 1. The van der Waals surface area contributed by atoms with Crippen LogP contribution >= 0.6 is 0 Å². The molecule has 0 amide bonds. The number of carboxylic acids is 1. The average molecular weight is 324 g/mol. The van der Waals surface area contributed by atoms with Crippen molar-refractivity contribution in [3.63, 3.8) is 0 Å². The lowest BCUT2D eigenvalue weighted by Gasteiger charge is -2.12. The van der Waals surface area contributed by atoms with Crippen molar-refractivity contribution in [2.24, 2.45) is 5.92 Å². The van der Waals surface area contributed by atoms with E-state index in [2.05, 4.69) is 0 Å². The van der Waals surface area contributed by atoms with Crippen LogP contribution in [-0.2, 0) is 0 Å². The number of rotatable bonds is 5. The smallest absolute Gasteiger partial charge is 0.335 e. The molecule has 0 fully saturated rings. The lowest BCUT2D eigenvalue weighted by molar-refractivity contribution is 0.0696. The summed E-state index contributed by atoms with van der Waals surface area (Å²) in [5, 5.41) is 9.14. The fraction of sp³-hybridized carbons (Fsp3) is 0.235. The standard InChI is InChI=1S/C17H15F3O3/c1-9(2)8-23-12-4-10(3-11(5-12)17(21)22)13-6-15(19)16(20)7-14(13)18/h3-7,9H,8H2,1-2H3,(H,21,22). The van der Waals surface area contributed by atoms with Crippen LogP contribution < -0.4 is 4.74 Å². The first-order valence-electron chi connectivity index (χ1n) is 6.94. The molecule has 0 saturated carbocycles. The van der Waals surface area contributed by atoms with Crippen LogP contribution in [0.1, 0.15) is 24.2 Å². The van der Waals surface area contributed by atoms with Gasteiger partial charge in [-0.05, 0) is 35.7 Å². The van der Waals surface area contributed by atoms with E-state index in [4.69, 9.17) is 9.84 Å². The van der Waals surface area contributed by atoms with E-state index in [0.29, 0.717) is 18.7 Å². The van der Waals surface area contributed by atoms with Crippen LogP contribution in [0.3, 0.4) is 0 Å². The Morgan fingerprint density at radius 3 is 2.30 bits per heavy atom. The third kappa shape index (κ3) is 4.03. The number of hydrogen-bond acceptors (Lipinski definition) is 2. The molecule has 2 aromatic carbocycles. The van der Waals surface area contributed by atoms with Gasteiger partial charge in [-0.1, -0.05) is 13.8 Å². The maximum absolute atomic E-state index is 13.9. The summed E-state index contributed by atoms with van der Waals surface area (Å²) in [6.45, 7) is 4.16. The molecule has 0 spiro atoms. The van der Waals surface area contributed by atoms with E-state index < -0.39 is 23.4 Å². The van der Waals surface area contributed by atoms with E-state index in [-0.39, 0.29) is 28.4 Å². The van der Waals surface area contributed by atoms with Gasteiger partial charge < -0.3 is 9.84 Å². The number of halogens is 3. The fourth-order valence-corrected chi connectivity index (χ4v) is 1.97.